The first-order chi connectivity index (χ1) is 16.1. The number of anilines is 3. The van der Waals surface area contributed by atoms with Crippen LogP contribution in [0.3, 0.4) is 0 Å². The molecule has 1 aliphatic rings. The fraction of sp³-hybridized carbons (Fsp3) is 0.364. The Morgan fingerprint density at radius 2 is 2.03 bits per heavy atom. The van der Waals surface area contributed by atoms with Crippen molar-refractivity contribution in [1.29, 1.82) is 0 Å². The van der Waals surface area contributed by atoms with E-state index in [0.717, 1.165) is 42.2 Å². The second-order valence-electron chi connectivity index (χ2n) is 7.70. The molecular weight excluding hydrogens is 422 g/mol. The Kier molecular flexibility index (Phi) is 5.59. The molecule has 4 aromatic rings. The van der Waals surface area contributed by atoms with E-state index in [1.165, 1.54) is 0 Å². The minimum atomic E-state index is -0.0228. The highest BCUT2D eigenvalue weighted by Crippen LogP contribution is 2.38. The van der Waals surface area contributed by atoms with Gasteiger partial charge in [-0.15, -0.1) is 0 Å². The van der Waals surface area contributed by atoms with Gasteiger partial charge in [0.1, 0.15) is 17.2 Å². The fourth-order valence-corrected chi connectivity index (χ4v) is 3.76. The van der Waals surface area contributed by atoms with Gasteiger partial charge in [0.2, 0.25) is 11.8 Å². The van der Waals surface area contributed by atoms with Crippen LogP contribution < -0.4 is 15.0 Å². The summed E-state index contributed by atoms with van der Waals surface area (Å²) in [5.41, 5.74) is 3.27. The van der Waals surface area contributed by atoms with Gasteiger partial charge >= 0.3 is 0 Å². The summed E-state index contributed by atoms with van der Waals surface area (Å²) in [5.74, 6) is 3.07. The van der Waals surface area contributed by atoms with Crippen LogP contribution in [-0.2, 0) is 6.42 Å². The van der Waals surface area contributed by atoms with Crippen molar-refractivity contribution in [2.24, 2.45) is 0 Å². The van der Waals surface area contributed by atoms with E-state index in [9.17, 15) is 0 Å². The molecule has 0 spiro atoms. The smallest absolute Gasteiger partial charge is 0.231 e. The van der Waals surface area contributed by atoms with Gasteiger partial charge in [0.15, 0.2) is 11.6 Å². The number of aromatic amines is 1. The number of H-pyrrole nitrogens is 1. The molecule has 2 N–H and O–H groups in total. The van der Waals surface area contributed by atoms with E-state index in [-0.39, 0.29) is 6.04 Å². The van der Waals surface area contributed by atoms with Gasteiger partial charge in [0.05, 0.1) is 18.3 Å². The van der Waals surface area contributed by atoms with E-state index in [0.29, 0.717) is 35.8 Å². The van der Waals surface area contributed by atoms with Crippen molar-refractivity contribution >= 4 is 17.6 Å². The Morgan fingerprint density at radius 3 is 2.76 bits per heavy atom. The zero-order valence-electron chi connectivity index (χ0n) is 18.7. The lowest BCUT2D eigenvalue weighted by Crippen LogP contribution is -2.42. The maximum atomic E-state index is 5.70. The average Bonchev–Trinajstić information content (AvgIpc) is 3.42. The molecule has 1 atom stereocenters. The van der Waals surface area contributed by atoms with Crippen LogP contribution in [0.5, 0.6) is 5.88 Å². The molecule has 1 aliphatic heterocycles. The number of aryl methyl sites for hydroxylation is 2. The molecule has 0 amide bonds. The van der Waals surface area contributed by atoms with Crippen molar-refractivity contribution in [2.75, 3.05) is 23.4 Å². The quantitative estimate of drug-likeness (QED) is 0.413. The maximum Gasteiger partial charge on any atom is 0.231 e. The van der Waals surface area contributed by atoms with Crippen LogP contribution in [0.25, 0.3) is 11.4 Å². The molecule has 0 aliphatic carbocycles. The van der Waals surface area contributed by atoms with Crippen LogP contribution >= 0.6 is 0 Å². The zero-order chi connectivity index (χ0) is 22.8. The number of nitrogens with one attached hydrogen (secondary N) is 2. The lowest BCUT2D eigenvalue weighted by atomic mass is 10.0. The Bertz CT molecular complexity index is 1250. The molecule has 0 unspecified atom stereocenters. The van der Waals surface area contributed by atoms with Crippen LogP contribution in [0.4, 0.5) is 17.6 Å². The number of hydrogen-bond donors (Lipinski definition) is 2. The third kappa shape index (κ3) is 4.21. The predicted molar refractivity (Wildman–Crippen MR) is 121 cm³/mol. The standard InChI is InChI=1S/C22H25N9O2/c1-4-14-21(24-8-7-23-14)15-11-17(33-30-15)16-6-9-31(16)22-26-18(12-20(27-22)32-5-2)25-19-10-13(3)28-29-19/h7-8,10-12,16H,4-6,9H2,1-3H3,(H2,25,26,27,28,29)/t16-/m0/s1. The molecule has 1 fully saturated rings. The van der Waals surface area contributed by atoms with Gasteiger partial charge in [-0.25, -0.2) is 0 Å². The van der Waals surface area contributed by atoms with E-state index in [1.54, 1.807) is 18.5 Å². The van der Waals surface area contributed by atoms with E-state index in [4.69, 9.17) is 14.2 Å². The first-order valence-electron chi connectivity index (χ1n) is 11.0. The van der Waals surface area contributed by atoms with Crippen LogP contribution in [0.1, 0.15) is 43.5 Å². The highest BCUT2D eigenvalue weighted by Gasteiger charge is 2.35. The third-order valence-corrected chi connectivity index (χ3v) is 5.43. The van der Waals surface area contributed by atoms with E-state index >= 15 is 0 Å². The molecule has 4 aromatic heterocycles. The number of aromatic nitrogens is 7. The zero-order valence-corrected chi connectivity index (χ0v) is 18.7. The molecular formula is C22H25N9O2. The van der Waals surface area contributed by atoms with Gasteiger partial charge < -0.3 is 19.5 Å². The first kappa shape index (κ1) is 20.9. The van der Waals surface area contributed by atoms with Crippen LogP contribution in [-0.4, -0.2) is 48.4 Å². The van der Waals surface area contributed by atoms with Crippen LogP contribution in [0.2, 0.25) is 0 Å². The highest BCUT2D eigenvalue weighted by atomic mass is 16.5. The third-order valence-electron chi connectivity index (χ3n) is 5.43. The van der Waals surface area contributed by atoms with Crippen molar-refractivity contribution in [3.05, 3.63) is 47.7 Å². The molecule has 0 bridgehead atoms. The maximum absolute atomic E-state index is 5.70. The second kappa shape index (κ2) is 8.85. The topological polar surface area (TPSA) is 131 Å². The van der Waals surface area contributed by atoms with Crippen LogP contribution in [0.15, 0.2) is 35.1 Å². The monoisotopic (exact) mass is 447 g/mol. The molecule has 5 rings (SSSR count). The first-order valence-corrected chi connectivity index (χ1v) is 11.0. The molecule has 33 heavy (non-hydrogen) atoms. The van der Waals surface area contributed by atoms with Gasteiger partial charge in [0, 0.05) is 42.8 Å². The Hall–Kier alpha value is -4.02. The van der Waals surface area contributed by atoms with E-state index < -0.39 is 0 Å². The number of nitrogens with zero attached hydrogens (tertiary/aromatic N) is 7. The van der Waals surface area contributed by atoms with Gasteiger partial charge in [-0.05, 0) is 26.7 Å². The van der Waals surface area contributed by atoms with E-state index in [2.05, 4.69) is 40.5 Å². The van der Waals surface area contributed by atoms with Gasteiger partial charge in [0.25, 0.3) is 0 Å². The lowest BCUT2D eigenvalue weighted by Gasteiger charge is -2.39. The van der Waals surface area contributed by atoms with Crippen molar-refractivity contribution in [1.82, 2.24) is 35.3 Å². The lowest BCUT2D eigenvalue weighted by molar-refractivity contribution is 0.309. The van der Waals surface area contributed by atoms with Gasteiger partial charge in [-0.2, -0.15) is 15.1 Å². The average molecular weight is 448 g/mol. The normalized spacial score (nSPS) is 15.4. The number of hydrogen-bond acceptors (Lipinski definition) is 10. The SMILES string of the molecule is CCOc1cc(Nc2cc(C)[nH]n2)nc(N2CC[C@H]2c2cc(-c3nccnc3CC)no2)n1. The van der Waals surface area contributed by atoms with Crippen molar-refractivity contribution in [2.45, 2.75) is 39.7 Å². The Morgan fingerprint density at radius 1 is 1.15 bits per heavy atom. The summed E-state index contributed by atoms with van der Waals surface area (Å²) < 4.78 is 11.4. The molecule has 170 valence electrons. The summed E-state index contributed by atoms with van der Waals surface area (Å²) in [6.07, 6.45) is 5.03. The Labute approximate surface area is 190 Å². The summed E-state index contributed by atoms with van der Waals surface area (Å²) in [4.78, 5) is 20.2. The molecule has 11 heteroatoms. The van der Waals surface area contributed by atoms with Crippen LogP contribution in [0, 0.1) is 6.92 Å². The molecule has 5 heterocycles. The minimum absolute atomic E-state index is 0.0228. The summed E-state index contributed by atoms with van der Waals surface area (Å²) in [7, 11) is 0. The summed E-state index contributed by atoms with van der Waals surface area (Å²) in [5, 5.41) is 14.6. The van der Waals surface area contributed by atoms with Gasteiger partial charge in [-0.1, -0.05) is 12.1 Å². The molecule has 0 aromatic carbocycles. The Balaban J connectivity index is 1.41. The number of ether oxygens (including phenoxy) is 1. The molecule has 0 radical (unpaired) electrons. The largest absolute Gasteiger partial charge is 0.478 e. The molecule has 0 saturated carbocycles. The van der Waals surface area contributed by atoms with Crippen molar-refractivity contribution < 1.29 is 9.26 Å². The predicted octanol–water partition coefficient (Wildman–Crippen LogP) is 3.61. The molecule has 11 nitrogen and oxygen atoms in total. The second-order valence-corrected chi connectivity index (χ2v) is 7.70. The van der Waals surface area contributed by atoms with E-state index in [1.807, 2.05) is 32.9 Å². The highest BCUT2D eigenvalue weighted by molar-refractivity contribution is 5.58. The molecule has 1 saturated heterocycles. The summed E-state index contributed by atoms with van der Waals surface area (Å²) in [6, 6.07) is 5.57. The van der Waals surface area contributed by atoms with Crippen molar-refractivity contribution in [3.8, 4) is 17.3 Å². The van der Waals surface area contributed by atoms with Gasteiger partial charge in [-0.3, -0.25) is 15.1 Å². The summed E-state index contributed by atoms with van der Waals surface area (Å²) in [6.45, 7) is 7.20. The number of rotatable bonds is 8. The minimum Gasteiger partial charge on any atom is -0.478 e. The van der Waals surface area contributed by atoms with Crippen molar-refractivity contribution in [3.63, 3.8) is 0 Å². The summed E-state index contributed by atoms with van der Waals surface area (Å²) >= 11 is 0. The fourth-order valence-electron chi connectivity index (χ4n) is 3.76.